The summed E-state index contributed by atoms with van der Waals surface area (Å²) in [7, 11) is 0. The summed E-state index contributed by atoms with van der Waals surface area (Å²) >= 11 is 0. The summed E-state index contributed by atoms with van der Waals surface area (Å²) in [5.41, 5.74) is 8.74. The summed E-state index contributed by atoms with van der Waals surface area (Å²) in [6.07, 6.45) is 0. The van der Waals surface area contributed by atoms with Crippen LogP contribution in [0, 0.1) is 5.92 Å². The Morgan fingerprint density at radius 1 is 1.08 bits per heavy atom. The van der Waals surface area contributed by atoms with E-state index in [1.807, 2.05) is 55.5 Å². The van der Waals surface area contributed by atoms with Gasteiger partial charge in [-0.3, -0.25) is 9.59 Å². The molecule has 0 bridgehead atoms. The van der Waals surface area contributed by atoms with E-state index in [-0.39, 0.29) is 36.2 Å². The van der Waals surface area contributed by atoms with E-state index >= 15 is 0 Å². The van der Waals surface area contributed by atoms with Crippen molar-refractivity contribution in [1.29, 1.82) is 0 Å². The lowest BCUT2D eigenvalue weighted by atomic mass is 9.94. The van der Waals surface area contributed by atoms with Crippen LogP contribution in [-0.4, -0.2) is 11.8 Å². The zero-order valence-electron chi connectivity index (χ0n) is 14.4. The van der Waals surface area contributed by atoms with Gasteiger partial charge in [-0.2, -0.15) is 0 Å². The Kier molecular flexibility index (Phi) is 8.11. The van der Waals surface area contributed by atoms with Crippen molar-refractivity contribution in [3.8, 4) is 0 Å². The highest BCUT2D eigenvalue weighted by molar-refractivity contribution is 5.88. The minimum atomic E-state index is -0.350. The van der Waals surface area contributed by atoms with Gasteiger partial charge < -0.3 is 16.4 Å². The number of hydrogen-bond donors (Lipinski definition) is 3. The minimum Gasteiger partial charge on any atom is -0.352 e. The molecule has 2 rings (SSSR count). The Morgan fingerprint density at radius 3 is 2.40 bits per heavy atom. The molecule has 0 spiro atoms. The molecule has 25 heavy (non-hydrogen) atoms. The Balaban J connectivity index is 0.00000312. The second kappa shape index (κ2) is 9.81. The molecule has 6 heteroatoms. The SMILES string of the molecule is CC(=O)Nc1cccc(CNC(=O)C(C)C(N)c2ccccc2)c1.Cl. The van der Waals surface area contributed by atoms with Crippen molar-refractivity contribution in [3.63, 3.8) is 0 Å². The molecule has 0 fully saturated rings. The van der Waals surface area contributed by atoms with Crippen molar-refractivity contribution in [2.24, 2.45) is 11.7 Å². The monoisotopic (exact) mass is 361 g/mol. The molecule has 5 nitrogen and oxygen atoms in total. The van der Waals surface area contributed by atoms with Gasteiger partial charge >= 0.3 is 0 Å². The lowest BCUT2D eigenvalue weighted by Gasteiger charge is -2.20. The van der Waals surface area contributed by atoms with Crippen molar-refractivity contribution in [3.05, 3.63) is 65.7 Å². The molecule has 0 saturated carbocycles. The Labute approximate surface area is 154 Å². The van der Waals surface area contributed by atoms with Crippen molar-refractivity contribution >= 4 is 29.9 Å². The molecule has 2 amide bonds. The van der Waals surface area contributed by atoms with Gasteiger partial charge in [0.05, 0.1) is 5.92 Å². The number of nitrogens with one attached hydrogen (secondary N) is 2. The molecule has 0 aliphatic heterocycles. The van der Waals surface area contributed by atoms with Crippen LogP contribution in [0.15, 0.2) is 54.6 Å². The predicted molar refractivity (Wildman–Crippen MR) is 102 cm³/mol. The topological polar surface area (TPSA) is 84.2 Å². The number of rotatable bonds is 6. The van der Waals surface area contributed by atoms with E-state index < -0.39 is 0 Å². The third-order valence-corrected chi connectivity index (χ3v) is 3.85. The number of carbonyl (C=O) groups is 2. The fourth-order valence-electron chi connectivity index (χ4n) is 2.44. The normalized spacial score (nSPS) is 12.4. The molecule has 0 saturated heterocycles. The van der Waals surface area contributed by atoms with E-state index in [9.17, 15) is 9.59 Å². The van der Waals surface area contributed by atoms with E-state index in [1.54, 1.807) is 6.07 Å². The zero-order valence-corrected chi connectivity index (χ0v) is 15.2. The summed E-state index contributed by atoms with van der Waals surface area (Å²) < 4.78 is 0. The van der Waals surface area contributed by atoms with Crippen LogP contribution in [0.2, 0.25) is 0 Å². The predicted octanol–water partition coefficient (Wildman–Crippen LogP) is 3.02. The van der Waals surface area contributed by atoms with Gasteiger partial charge in [0.1, 0.15) is 0 Å². The van der Waals surface area contributed by atoms with Crippen LogP contribution in [0.5, 0.6) is 0 Å². The first kappa shape index (κ1) is 20.7. The molecule has 134 valence electrons. The first-order valence-corrected chi connectivity index (χ1v) is 7.92. The van der Waals surface area contributed by atoms with Gasteiger partial charge in [-0.1, -0.05) is 49.4 Å². The molecular weight excluding hydrogens is 338 g/mol. The highest BCUT2D eigenvalue weighted by Crippen LogP contribution is 2.19. The minimum absolute atomic E-state index is 0. The van der Waals surface area contributed by atoms with Gasteiger partial charge in [-0.15, -0.1) is 12.4 Å². The van der Waals surface area contributed by atoms with Gasteiger partial charge in [0.15, 0.2) is 0 Å². The van der Waals surface area contributed by atoms with E-state index in [4.69, 9.17) is 5.73 Å². The van der Waals surface area contributed by atoms with Crippen LogP contribution in [0.4, 0.5) is 5.69 Å². The van der Waals surface area contributed by atoms with Crippen molar-refractivity contribution in [1.82, 2.24) is 5.32 Å². The van der Waals surface area contributed by atoms with Crippen LogP contribution in [0.3, 0.4) is 0 Å². The fraction of sp³-hybridized carbons (Fsp3) is 0.263. The maximum Gasteiger partial charge on any atom is 0.225 e. The molecule has 0 radical (unpaired) electrons. The molecule has 2 aromatic rings. The fourth-order valence-corrected chi connectivity index (χ4v) is 2.44. The van der Waals surface area contributed by atoms with E-state index in [1.165, 1.54) is 6.92 Å². The highest BCUT2D eigenvalue weighted by Gasteiger charge is 2.21. The summed E-state index contributed by atoms with van der Waals surface area (Å²) in [6, 6.07) is 16.6. The van der Waals surface area contributed by atoms with Gasteiger partial charge in [-0.05, 0) is 23.3 Å². The third kappa shape index (κ3) is 6.21. The van der Waals surface area contributed by atoms with Gasteiger partial charge in [0.2, 0.25) is 11.8 Å². The smallest absolute Gasteiger partial charge is 0.225 e. The molecule has 0 aromatic heterocycles. The summed E-state index contributed by atoms with van der Waals surface area (Å²) in [5, 5.41) is 5.62. The average Bonchev–Trinajstić information content (AvgIpc) is 2.59. The average molecular weight is 362 g/mol. The lowest BCUT2D eigenvalue weighted by Crippen LogP contribution is -2.35. The maximum atomic E-state index is 12.3. The second-order valence-electron chi connectivity index (χ2n) is 5.82. The quantitative estimate of drug-likeness (QED) is 0.739. The van der Waals surface area contributed by atoms with Crippen molar-refractivity contribution in [2.75, 3.05) is 5.32 Å². The molecule has 4 N–H and O–H groups in total. The zero-order chi connectivity index (χ0) is 17.5. The van der Waals surface area contributed by atoms with Crippen LogP contribution in [0.1, 0.15) is 31.0 Å². The van der Waals surface area contributed by atoms with Gasteiger partial charge in [-0.25, -0.2) is 0 Å². The van der Waals surface area contributed by atoms with E-state index in [0.717, 1.165) is 11.1 Å². The Bertz CT molecular complexity index is 707. The van der Waals surface area contributed by atoms with Crippen LogP contribution < -0.4 is 16.4 Å². The number of nitrogens with two attached hydrogens (primary N) is 1. The highest BCUT2D eigenvalue weighted by atomic mass is 35.5. The van der Waals surface area contributed by atoms with Crippen LogP contribution in [-0.2, 0) is 16.1 Å². The standard InChI is InChI=1S/C19H23N3O2.ClH/c1-13(18(20)16-8-4-3-5-9-16)19(24)21-12-15-7-6-10-17(11-15)22-14(2)23;/h3-11,13,18H,12,20H2,1-2H3,(H,21,24)(H,22,23);1H. The Morgan fingerprint density at radius 2 is 1.76 bits per heavy atom. The molecule has 2 atom stereocenters. The number of halogens is 1. The maximum absolute atomic E-state index is 12.3. The first-order valence-electron chi connectivity index (χ1n) is 7.92. The first-order chi connectivity index (χ1) is 11.5. The molecule has 0 aliphatic rings. The number of amides is 2. The number of anilines is 1. The second-order valence-corrected chi connectivity index (χ2v) is 5.82. The van der Waals surface area contributed by atoms with E-state index in [0.29, 0.717) is 12.2 Å². The van der Waals surface area contributed by atoms with E-state index in [2.05, 4.69) is 10.6 Å². The van der Waals surface area contributed by atoms with Crippen LogP contribution in [0.25, 0.3) is 0 Å². The number of hydrogen-bond acceptors (Lipinski definition) is 3. The van der Waals surface area contributed by atoms with Crippen molar-refractivity contribution < 1.29 is 9.59 Å². The largest absolute Gasteiger partial charge is 0.352 e. The summed E-state index contributed by atoms with van der Waals surface area (Å²) in [6.45, 7) is 3.67. The van der Waals surface area contributed by atoms with Crippen LogP contribution >= 0.6 is 12.4 Å². The van der Waals surface area contributed by atoms with Gasteiger partial charge in [0.25, 0.3) is 0 Å². The molecular formula is C19H24ClN3O2. The molecule has 2 aromatic carbocycles. The molecule has 0 aliphatic carbocycles. The van der Waals surface area contributed by atoms with Crippen molar-refractivity contribution in [2.45, 2.75) is 26.4 Å². The molecule has 0 heterocycles. The molecule has 2 unspecified atom stereocenters. The number of carbonyl (C=O) groups excluding carboxylic acids is 2. The number of benzene rings is 2. The summed E-state index contributed by atoms with van der Waals surface area (Å²) in [5.74, 6) is -0.569. The van der Waals surface area contributed by atoms with Gasteiger partial charge in [0, 0.05) is 25.2 Å². The lowest BCUT2D eigenvalue weighted by molar-refractivity contribution is -0.125. The summed E-state index contributed by atoms with van der Waals surface area (Å²) in [4.78, 5) is 23.4. The Hall–Kier alpha value is -2.37. The third-order valence-electron chi connectivity index (χ3n) is 3.85.